The van der Waals surface area contributed by atoms with E-state index < -0.39 is 5.54 Å². The first-order valence-electron chi connectivity index (χ1n) is 17.0. The van der Waals surface area contributed by atoms with Crippen LogP contribution in [0.5, 0.6) is 11.5 Å². The lowest BCUT2D eigenvalue weighted by molar-refractivity contribution is -0.144. The van der Waals surface area contributed by atoms with Gasteiger partial charge in [-0.2, -0.15) is 5.10 Å². The van der Waals surface area contributed by atoms with Crippen molar-refractivity contribution in [2.24, 2.45) is 5.92 Å². The molecule has 4 aromatic rings. The van der Waals surface area contributed by atoms with Crippen LogP contribution in [0.2, 0.25) is 0 Å². The predicted octanol–water partition coefficient (Wildman–Crippen LogP) is 3.34. The first-order valence-corrected chi connectivity index (χ1v) is 17.9. The number of hydrogen-bond acceptors (Lipinski definition) is 11. The third kappa shape index (κ3) is 6.20. The van der Waals surface area contributed by atoms with E-state index in [9.17, 15) is 9.59 Å². The van der Waals surface area contributed by atoms with E-state index >= 15 is 0 Å². The molecule has 13 nitrogen and oxygen atoms in total. The molecule has 1 aromatic carbocycles. The van der Waals surface area contributed by atoms with Crippen molar-refractivity contribution < 1.29 is 19.1 Å². The lowest BCUT2D eigenvalue weighted by atomic mass is 9.68. The topological polar surface area (TPSA) is 122 Å². The number of piperazine rings is 1. The summed E-state index contributed by atoms with van der Waals surface area (Å²) in [6.07, 6.45) is 7.10. The van der Waals surface area contributed by atoms with Crippen LogP contribution >= 0.6 is 11.3 Å². The highest BCUT2D eigenvalue weighted by Crippen LogP contribution is 2.50. The van der Waals surface area contributed by atoms with Crippen LogP contribution < -0.4 is 14.4 Å². The maximum atomic E-state index is 14.0. The van der Waals surface area contributed by atoms with Crippen LogP contribution in [-0.2, 0) is 28.1 Å². The van der Waals surface area contributed by atoms with Gasteiger partial charge in [0.25, 0.3) is 0 Å². The Kier molecular flexibility index (Phi) is 9.18. The smallest absolute Gasteiger partial charge is 0.237 e. The average molecular weight is 688 g/mol. The molecule has 7 rings (SSSR count). The molecule has 2 amide bonds. The summed E-state index contributed by atoms with van der Waals surface area (Å²) in [4.78, 5) is 49.7. The number of aromatic nitrogens is 5. The number of benzene rings is 1. The summed E-state index contributed by atoms with van der Waals surface area (Å²) in [7, 11) is 7.16. The lowest BCUT2D eigenvalue weighted by Gasteiger charge is -2.52. The van der Waals surface area contributed by atoms with Gasteiger partial charge in [-0.1, -0.05) is 0 Å². The van der Waals surface area contributed by atoms with Crippen molar-refractivity contribution in [1.29, 1.82) is 0 Å². The summed E-state index contributed by atoms with van der Waals surface area (Å²) in [6.45, 7) is 6.19. The van der Waals surface area contributed by atoms with E-state index in [2.05, 4.69) is 47.4 Å². The fraction of sp³-hybridized carbons (Fsp3) is 0.543. The zero-order chi connectivity index (χ0) is 34.3. The van der Waals surface area contributed by atoms with Crippen molar-refractivity contribution in [2.75, 3.05) is 72.5 Å². The predicted molar refractivity (Wildman–Crippen MR) is 187 cm³/mol. The number of rotatable bonds is 8. The molecule has 260 valence electrons. The van der Waals surface area contributed by atoms with Gasteiger partial charge in [-0.25, -0.2) is 19.6 Å². The van der Waals surface area contributed by atoms with Gasteiger partial charge in [-0.3, -0.25) is 9.59 Å². The molecule has 0 unspecified atom stereocenters. The molecule has 14 heteroatoms. The van der Waals surface area contributed by atoms with E-state index in [-0.39, 0.29) is 17.7 Å². The van der Waals surface area contributed by atoms with Crippen LogP contribution in [0.1, 0.15) is 47.5 Å². The lowest BCUT2D eigenvalue weighted by Crippen LogP contribution is -2.57. The number of amides is 2. The fourth-order valence-corrected chi connectivity index (χ4v) is 8.64. The van der Waals surface area contributed by atoms with Gasteiger partial charge in [0, 0.05) is 44.0 Å². The molecule has 2 aliphatic heterocycles. The van der Waals surface area contributed by atoms with Crippen LogP contribution in [0.15, 0.2) is 30.0 Å². The van der Waals surface area contributed by atoms with Crippen LogP contribution in [-0.4, -0.2) is 119 Å². The van der Waals surface area contributed by atoms with Crippen molar-refractivity contribution in [3.8, 4) is 11.5 Å². The number of anilines is 1. The van der Waals surface area contributed by atoms with E-state index in [4.69, 9.17) is 9.47 Å². The zero-order valence-electron chi connectivity index (χ0n) is 29.0. The van der Waals surface area contributed by atoms with Gasteiger partial charge in [0.2, 0.25) is 11.8 Å². The van der Waals surface area contributed by atoms with Crippen LogP contribution in [0, 0.1) is 12.8 Å². The summed E-state index contributed by atoms with van der Waals surface area (Å²) in [6, 6.07) is 4.14. The van der Waals surface area contributed by atoms with Gasteiger partial charge in [-0.05, 0) is 76.4 Å². The van der Waals surface area contributed by atoms with Gasteiger partial charge in [0.05, 0.1) is 55.1 Å². The number of ether oxygens (including phenoxy) is 2. The van der Waals surface area contributed by atoms with Gasteiger partial charge < -0.3 is 29.1 Å². The molecule has 1 saturated heterocycles. The van der Waals surface area contributed by atoms with Crippen LogP contribution in [0.4, 0.5) is 5.82 Å². The Morgan fingerprint density at radius 3 is 2.43 bits per heavy atom. The molecule has 2 fully saturated rings. The zero-order valence-corrected chi connectivity index (χ0v) is 29.8. The molecular weight excluding hydrogens is 643 g/mol. The SMILES string of the molecule is COc1cc2c(cc1OC)[C@]1(CC[C@@H](C(=O)N3CCN(c4ncnc5c4cnn5Cc4csc(C)n4)CC3)CC1)N(C(=O)CN(C)C)CC2. The molecule has 3 aliphatic rings. The number of fused-ring (bicyclic) bond motifs is 3. The third-order valence-corrected chi connectivity index (χ3v) is 11.3. The number of carbonyl (C=O) groups excluding carboxylic acids is 2. The second-order valence-electron chi connectivity index (χ2n) is 13.6. The largest absolute Gasteiger partial charge is 0.493 e. The summed E-state index contributed by atoms with van der Waals surface area (Å²) in [5.41, 5.74) is 3.59. The highest BCUT2D eigenvalue weighted by atomic mass is 32.1. The molecule has 0 N–H and O–H groups in total. The summed E-state index contributed by atoms with van der Waals surface area (Å²) in [5.74, 6) is 2.48. The van der Waals surface area contributed by atoms with Crippen molar-refractivity contribution in [3.63, 3.8) is 0 Å². The maximum absolute atomic E-state index is 14.0. The Morgan fingerprint density at radius 2 is 1.76 bits per heavy atom. The standard InChI is InChI=1S/C35H45N9O4S/c1-23-39-26(21-49-23)19-44-33-27(18-38-44)32(36-22-37-33)41-12-14-42(15-13-41)34(46)24-6-9-35(10-7-24)28-17-30(48-5)29(47-4)16-25(28)8-11-43(35)31(45)20-40(2)3/h16-18,21-22,24H,6-15,19-20H2,1-5H3/t24-,35-. The normalized spacial score (nSPS) is 21.0. The summed E-state index contributed by atoms with van der Waals surface area (Å²) in [5, 5.41) is 8.59. The summed E-state index contributed by atoms with van der Waals surface area (Å²) >= 11 is 1.63. The van der Waals surface area contributed by atoms with Gasteiger partial charge in [-0.15, -0.1) is 11.3 Å². The molecule has 1 aliphatic carbocycles. The Bertz CT molecular complexity index is 1840. The Labute approximate surface area is 290 Å². The van der Waals surface area contributed by atoms with E-state index in [1.54, 1.807) is 31.9 Å². The van der Waals surface area contributed by atoms with Gasteiger partial charge >= 0.3 is 0 Å². The second-order valence-corrected chi connectivity index (χ2v) is 14.7. The quantitative estimate of drug-likeness (QED) is 0.273. The third-order valence-electron chi connectivity index (χ3n) is 10.4. The number of nitrogens with zero attached hydrogens (tertiary/aromatic N) is 9. The first-order chi connectivity index (χ1) is 23.7. The number of carbonyl (C=O) groups is 2. The van der Waals surface area contributed by atoms with Gasteiger partial charge in [0.15, 0.2) is 17.1 Å². The Balaban J connectivity index is 1.04. The van der Waals surface area contributed by atoms with Gasteiger partial charge in [0.1, 0.15) is 12.1 Å². The molecule has 1 saturated carbocycles. The molecule has 0 radical (unpaired) electrons. The van der Waals surface area contributed by atoms with Crippen molar-refractivity contribution >= 4 is 40.0 Å². The molecule has 0 bridgehead atoms. The minimum atomic E-state index is -0.475. The molecule has 49 heavy (non-hydrogen) atoms. The Hall–Kier alpha value is -4.30. The van der Waals surface area contributed by atoms with Crippen LogP contribution in [0.3, 0.4) is 0 Å². The highest BCUT2D eigenvalue weighted by Gasteiger charge is 2.49. The highest BCUT2D eigenvalue weighted by molar-refractivity contribution is 7.09. The number of thiazole rings is 1. The van der Waals surface area contributed by atoms with E-state index in [1.807, 2.05) is 41.7 Å². The molecular formula is C35H45N9O4S. The Morgan fingerprint density at radius 1 is 1.02 bits per heavy atom. The van der Waals surface area contributed by atoms with Crippen molar-refractivity contribution in [3.05, 3.63) is 51.9 Å². The van der Waals surface area contributed by atoms with E-state index in [1.165, 1.54) is 5.56 Å². The molecule has 1 spiro atoms. The average Bonchev–Trinajstić information content (AvgIpc) is 3.73. The van der Waals surface area contributed by atoms with E-state index in [0.29, 0.717) is 57.3 Å². The minimum absolute atomic E-state index is 0.0770. The monoisotopic (exact) mass is 687 g/mol. The number of hydrogen-bond donors (Lipinski definition) is 0. The van der Waals surface area contributed by atoms with Crippen molar-refractivity contribution in [2.45, 2.75) is 51.1 Å². The number of aryl methyl sites for hydroxylation is 1. The fourth-order valence-electron chi connectivity index (χ4n) is 8.03. The van der Waals surface area contributed by atoms with E-state index in [0.717, 1.165) is 65.2 Å². The minimum Gasteiger partial charge on any atom is -0.493 e. The molecule has 0 atom stereocenters. The molecule has 3 aromatic heterocycles. The number of likely N-dealkylation sites (N-methyl/N-ethyl adjacent to an activating group) is 1. The van der Waals surface area contributed by atoms with Crippen LogP contribution in [0.25, 0.3) is 11.0 Å². The summed E-state index contributed by atoms with van der Waals surface area (Å²) < 4.78 is 13.2. The maximum Gasteiger partial charge on any atom is 0.237 e. The van der Waals surface area contributed by atoms with Crippen molar-refractivity contribution in [1.82, 2.24) is 39.4 Å². The number of methoxy groups -OCH3 is 2. The molecule has 5 heterocycles. The first kappa shape index (κ1) is 33.2. The second kappa shape index (κ2) is 13.5.